The Morgan fingerprint density at radius 1 is 1.47 bits per heavy atom. The first-order valence-electron chi connectivity index (χ1n) is 7.00. The molecule has 1 aromatic rings. The summed E-state index contributed by atoms with van der Waals surface area (Å²) in [6, 6.07) is 2.75. The lowest BCUT2D eigenvalue weighted by Crippen LogP contribution is -2.32. The highest BCUT2D eigenvalue weighted by Crippen LogP contribution is 2.29. The second-order valence-electron chi connectivity index (χ2n) is 5.33. The molecule has 0 spiro atoms. The molecule has 3 heteroatoms. The van der Waals surface area contributed by atoms with Gasteiger partial charge in [0, 0.05) is 25.7 Å². The van der Waals surface area contributed by atoms with Gasteiger partial charge >= 0.3 is 0 Å². The molecule has 0 saturated heterocycles. The molecule has 0 aliphatic heterocycles. The fourth-order valence-corrected chi connectivity index (χ4v) is 3.00. The van der Waals surface area contributed by atoms with Gasteiger partial charge in [-0.2, -0.15) is 5.10 Å². The SMILES string of the molecule is CCNC(Cc1ccn(C)n1)CC1CCCC1. The minimum Gasteiger partial charge on any atom is -0.314 e. The number of nitrogens with zero attached hydrogens (tertiary/aromatic N) is 2. The van der Waals surface area contributed by atoms with Gasteiger partial charge < -0.3 is 5.32 Å². The first-order chi connectivity index (χ1) is 8.28. The van der Waals surface area contributed by atoms with E-state index < -0.39 is 0 Å². The maximum Gasteiger partial charge on any atom is 0.0640 e. The smallest absolute Gasteiger partial charge is 0.0640 e. The van der Waals surface area contributed by atoms with E-state index in [1.165, 1.54) is 37.8 Å². The molecule has 1 fully saturated rings. The van der Waals surface area contributed by atoms with Crippen LogP contribution in [0.3, 0.4) is 0 Å². The van der Waals surface area contributed by atoms with Crippen LogP contribution in [-0.2, 0) is 13.5 Å². The quantitative estimate of drug-likeness (QED) is 0.821. The predicted molar refractivity (Wildman–Crippen MR) is 71.0 cm³/mol. The van der Waals surface area contributed by atoms with Crippen molar-refractivity contribution in [1.82, 2.24) is 15.1 Å². The molecule has 1 unspecified atom stereocenters. The number of aryl methyl sites for hydroxylation is 1. The Kier molecular flexibility index (Phi) is 4.60. The molecule has 1 aromatic heterocycles. The molecule has 0 radical (unpaired) electrons. The van der Waals surface area contributed by atoms with Crippen molar-refractivity contribution in [3.05, 3.63) is 18.0 Å². The third-order valence-electron chi connectivity index (χ3n) is 3.81. The lowest BCUT2D eigenvalue weighted by atomic mass is 9.95. The Balaban J connectivity index is 1.87. The minimum atomic E-state index is 0.609. The maximum absolute atomic E-state index is 4.48. The molecule has 1 aliphatic carbocycles. The van der Waals surface area contributed by atoms with Gasteiger partial charge in [0.1, 0.15) is 0 Å². The topological polar surface area (TPSA) is 29.9 Å². The molecule has 0 bridgehead atoms. The molecule has 1 saturated carbocycles. The van der Waals surface area contributed by atoms with Crippen molar-refractivity contribution in [2.24, 2.45) is 13.0 Å². The van der Waals surface area contributed by atoms with Crippen molar-refractivity contribution in [1.29, 1.82) is 0 Å². The maximum atomic E-state index is 4.48. The van der Waals surface area contributed by atoms with Gasteiger partial charge in [-0.05, 0) is 24.9 Å². The third-order valence-corrected chi connectivity index (χ3v) is 3.81. The third kappa shape index (κ3) is 3.84. The number of aromatic nitrogens is 2. The van der Waals surface area contributed by atoms with E-state index in [9.17, 15) is 0 Å². The standard InChI is InChI=1S/C14H25N3/c1-3-15-14(10-12-6-4-5-7-12)11-13-8-9-17(2)16-13/h8-9,12,14-15H,3-7,10-11H2,1-2H3. The van der Waals surface area contributed by atoms with Gasteiger partial charge in [-0.1, -0.05) is 32.6 Å². The average Bonchev–Trinajstić information content (AvgIpc) is 2.91. The number of likely N-dealkylation sites (N-methyl/N-ethyl adjacent to an activating group) is 1. The monoisotopic (exact) mass is 235 g/mol. The normalized spacial score (nSPS) is 18.7. The van der Waals surface area contributed by atoms with Crippen LogP contribution in [0.1, 0.15) is 44.7 Å². The molecule has 96 valence electrons. The summed E-state index contributed by atoms with van der Waals surface area (Å²) in [6.07, 6.45) is 10.2. The zero-order valence-electron chi connectivity index (χ0n) is 11.2. The Labute approximate surface area is 105 Å². The van der Waals surface area contributed by atoms with Crippen LogP contribution in [0.25, 0.3) is 0 Å². The predicted octanol–water partition coefficient (Wildman–Crippen LogP) is 2.52. The van der Waals surface area contributed by atoms with Gasteiger partial charge in [0.05, 0.1) is 5.69 Å². The van der Waals surface area contributed by atoms with Crippen LogP contribution < -0.4 is 5.32 Å². The zero-order chi connectivity index (χ0) is 12.1. The fourth-order valence-electron chi connectivity index (χ4n) is 3.00. The molecule has 1 heterocycles. The minimum absolute atomic E-state index is 0.609. The van der Waals surface area contributed by atoms with Crippen molar-refractivity contribution < 1.29 is 0 Å². The van der Waals surface area contributed by atoms with E-state index >= 15 is 0 Å². The first kappa shape index (κ1) is 12.6. The molecule has 1 N–H and O–H groups in total. The van der Waals surface area contributed by atoms with E-state index in [0.717, 1.165) is 18.9 Å². The van der Waals surface area contributed by atoms with Gasteiger partial charge in [-0.25, -0.2) is 0 Å². The number of hydrogen-bond donors (Lipinski definition) is 1. The summed E-state index contributed by atoms with van der Waals surface area (Å²) in [7, 11) is 1.99. The van der Waals surface area contributed by atoms with Gasteiger partial charge in [-0.3, -0.25) is 4.68 Å². The van der Waals surface area contributed by atoms with Crippen molar-refractivity contribution in [2.75, 3.05) is 6.54 Å². The summed E-state index contributed by atoms with van der Waals surface area (Å²) in [5.74, 6) is 0.947. The van der Waals surface area contributed by atoms with Crippen molar-refractivity contribution in [3.63, 3.8) is 0 Å². The van der Waals surface area contributed by atoms with E-state index in [1.54, 1.807) is 0 Å². The Bertz CT molecular complexity index is 326. The average molecular weight is 235 g/mol. The highest BCUT2D eigenvalue weighted by molar-refractivity contribution is 5.01. The highest BCUT2D eigenvalue weighted by atomic mass is 15.2. The lowest BCUT2D eigenvalue weighted by molar-refractivity contribution is 0.387. The highest BCUT2D eigenvalue weighted by Gasteiger charge is 2.20. The van der Waals surface area contributed by atoms with E-state index in [1.807, 2.05) is 17.9 Å². The molecule has 17 heavy (non-hydrogen) atoms. The van der Waals surface area contributed by atoms with E-state index in [4.69, 9.17) is 0 Å². The molecule has 1 atom stereocenters. The van der Waals surface area contributed by atoms with Gasteiger partial charge in [0.2, 0.25) is 0 Å². The van der Waals surface area contributed by atoms with Crippen LogP contribution in [-0.4, -0.2) is 22.4 Å². The largest absolute Gasteiger partial charge is 0.314 e. The molecular weight excluding hydrogens is 210 g/mol. The Morgan fingerprint density at radius 3 is 2.82 bits per heavy atom. The number of hydrogen-bond acceptors (Lipinski definition) is 2. The van der Waals surface area contributed by atoms with Crippen molar-refractivity contribution >= 4 is 0 Å². The van der Waals surface area contributed by atoms with E-state index in [0.29, 0.717) is 6.04 Å². The van der Waals surface area contributed by atoms with Crippen LogP contribution in [0.4, 0.5) is 0 Å². The van der Waals surface area contributed by atoms with Crippen LogP contribution >= 0.6 is 0 Å². The molecule has 3 nitrogen and oxygen atoms in total. The van der Waals surface area contributed by atoms with Crippen LogP contribution in [0.5, 0.6) is 0 Å². The Hall–Kier alpha value is -0.830. The molecule has 0 aromatic carbocycles. The van der Waals surface area contributed by atoms with Gasteiger partial charge in [0.15, 0.2) is 0 Å². The summed E-state index contributed by atoms with van der Waals surface area (Å²) in [6.45, 7) is 3.25. The Morgan fingerprint density at radius 2 is 2.24 bits per heavy atom. The first-order valence-corrected chi connectivity index (χ1v) is 7.00. The summed E-state index contributed by atoms with van der Waals surface area (Å²) in [5, 5.41) is 8.10. The van der Waals surface area contributed by atoms with Crippen LogP contribution in [0, 0.1) is 5.92 Å². The van der Waals surface area contributed by atoms with Gasteiger partial charge in [0.25, 0.3) is 0 Å². The lowest BCUT2D eigenvalue weighted by Gasteiger charge is -2.20. The molecule has 1 aliphatic rings. The second kappa shape index (κ2) is 6.20. The number of rotatable bonds is 6. The molecule has 0 amide bonds. The van der Waals surface area contributed by atoms with E-state index in [2.05, 4.69) is 23.4 Å². The van der Waals surface area contributed by atoms with Crippen LogP contribution in [0.15, 0.2) is 12.3 Å². The summed E-state index contributed by atoms with van der Waals surface area (Å²) < 4.78 is 1.90. The summed E-state index contributed by atoms with van der Waals surface area (Å²) in [5.41, 5.74) is 1.22. The molecule has 2 rings (SSSR count). The van der Waals surface area contributed by atoms with Crippen molar-refractivity contribution in [3.8, 4) is 0 Å². The number of nitrogens with one attached hydrogen (secondary N) is 1. The van der Waals surface area contributed by atoms with E-state index in [-0.39, 0.29) is 0 Å². The fraction of sp³-hybridized carbons (Fsp3) is 0.786. The van der Waals surface area contributed by atoms with Crippen LogP contribution in [0.2, 0.25) is 0 Å². The summed E-state index contributed by atoms with van der Waals surface area (Å²) in [4.78, 5) is 0. The summed E-state index contributed by atoms with van der Waals surface area (Å²) >= 11 is 0. The van der Waals surface area contributed by atoms with Crippen molar-refractivity contribution in [2.45, 2.75) is 51.5 Å². The zero-order valence-corrected chi connectivity index (χ0v) is 11.2. The molecular formula is C14H25N3. The second-order valence-corrected chi connectivity index (χ2v) is 5.33. The van der Waals surface area contributed by atoms with Gasteiger partial charge in [-0.15, -0.1) is 0 Å².